The van der Waals surface area contributed by atoms with Crippen LogP contribution >= 0.6 is 0 Å². The quantitative estimate of drug-likeness (QED) is 0.792. The van der Waals surface area contributed by atoms with E-state index in [1.165, 1.54) is 4.90 Å². The Balaban J connectivity index is 2.40. The van der Waals surface area contributed by atoms with Crippen LogP contribution in [0, 0.1) is 0 Å². The molecule has 6 heteroatoms. The largest absolute Gasteiger partial charge is 0.481 e. The molecule has 1 heterocycles. The Morgan fingerprint density at radius 3 is 2.61 bits per heavy atom. The number of carboxylic acids is 1. The van der Waals surface area contributed by atoms with E-state index in [0.29, 0.717) is 13.1 Å². The lowest BCUT2D eigenvalue weighted by Gasteiger charge is -2.20. The number of pyridine rings is 1. The van der Waals surface area contributed by atoms with Crippen molar-refractivity contribution < 1.29 is 14.7 Å². The van der Waals surface area contributed by atoms with E-state index in [2.05, 4.69) is 10.3 Å². The minimum absolute atomic E-state index is 0.0451. The molecule has 0 atom stereocenters. The summed E-state index contributed by atoms with van der Waals surface area (Å²) in [7, 11) is 0. The molecule has 0 radical (unpaired) electrons. The van der Waals surface area contributed by atoms with Crippen molar-refractivity contribution in [2.24, 2.45) is 0 Å². The third-order valence-electron chi connectivity index (χ3n) is 2.46. The van der Waals surface area contributed by atoms with E-state index < -0.39 is 5.97 Å². The normalized spacial score (nSPS) is 9.83. The van der Waals surface area contributed by atoms with Crippen molar-refractivity contribution in [1.29, 1.82) is 0 Å². The molecule has 0 aliphatic rings. The molecule has 1 aromatic heterocycles. The Morgan fingerprint density at radius 2 is 2.06 bits per heavy atom. The second-order valence-corrected chi connectivity index (χ2v) is 3.74. The van der Waals surface area contributed by atoms with Crippen LogP contribution in [0.25, 0.3) is 0 Å². The van der Waals surface area contributed by atoms with E-state index in [4.69, 9.17) is 5.11 Å². The molecule has 18 heavy (non-hydrogen) atoms. The molecule has 0 unspecified atom stereocenters. The highest BCUT2D eigenvalue weighted by atomic mass is 16.4. The highest BCUT2D eigenvalue weighted by Gasteiger charge is 2.12. The summed E-state index contributed by atoms with van der Waals surface area (Å²) in [6.07, 6.45) is 3.27. The number of nitrogens with one attached hydrogen (secondary N) is 1. The average molecular weight is 251 g/mol. The molecule has 0 aromatic carbocycles. The highest BCUT2D eigenvalue weighted by Crippen LogP contribution is 1.97. The van der Waals surface area contributed by atoms with Gasteiger partial charge in [0.25, 0.3) is 0 Å². The summed E-state index contributed by atoms with van der Waals surface area (Å²) in [5.74, 6) is -0.907. The monoisotopic (exact) mass is 251 g/mol. The lowest BCUT2D eigenvalue weighted by atomic mass is 10.3. The third kappa shape index (κ3) is 4.82. The van der Waals surface area contributed by atoms with Crippen LogP contribution in [0.2, 0.25) is 0 Å². The van der Waals surface area contributed by atoms with Crippen molar-refractivity contribution in [2.45, 2.75) is 19.9 Å². The second-order valence-electron chi connectivity index (χ2n) is 3.74. The maximum atomic E-state index is 11.8. The van der Waals surface area contributed by atoms with Gasteiger partial charge in [-0.15, -0.1) is 0 Å². The molecule has 98 valence electrons. The van der Waals surface area contributed by atoms with Gasteiger partial charge in [0.05, 0.1) is 6.42 Å². The minimum Gasteiger partial charge on any atom is -0.481 e. The van der Waals surface area contributed by atoms with Crippen LogP contribution in [0.5, 0.6) is 0 Å². The van der Waals surface area contributed by atoms with Gasteiger partial charge in [-0.3, -0.25) is 9.78 Å². The van der Waals surface area contributed by atoms with Gasteiger partial charge in [-0.1, -0.05) is 0 Å². The zero-order valence-electron chi connectivity index (χ0n) is 10.3. The molecule has 2 amide bonds. The average Bonchev–Trinajstić information content (AvgIpc) is 2.38. The maximum Gasteiger partial charge on any atom is 0.317 e. The fraction of sp³-hybridized carbons (Fsp3) is 0.417. The fourth-order valence-corrected chi connectivity index (χ4v) is 1.42. The zero-order chi connectivity index (χ0) is 13.4. The Hall–Kier alpha value is -2.11. The lowest BCUT2D eigenvalue weighted by Crippen LogP contribution is -2.40. The van der Waals surface area contributed by atoms with E-state index in [1.54, 1.807) is 12.4 Å². The molecule has 0 fully saturated rings. The molecule has 6 nitrogen and oxygen atoms in total. The first kappa shape index (κ1) is 14.0. The van der Waals surface area contributed by atoms with Gasteiger partial charge in [-0.25, -0.2) is 4.79 Å². The molecular weight excluding hydrogens is 234 g/mol. The Morgan fingerprint density at radius 1 is 1.39 bits per heavy atom. The van der Waals surface area contributed by atoms with Crippen molar-refractivity contribution in [1.82, 2.24) is 15.2 Å². The molecule has 1 rings (SSSR count). The number of nitrogens with zero attached hydrogens (tertiary/aromatic N) is 2. The first-order chi connectivity index (χ1) is 8.63. The molecule has 0 spiro atoms. The topological polar surface area (TPSA) is 82.5 Å². The van der Waals surface area contributed by atoms with Gasteiger partial charge in [0.2, 0.25) is 0 Å². The van der Waals surface area contributed by atoms with Crippen LogP contribution in [-0.4, -0.2) is 40.1 Å². The number of aliphatic carboxylic acids is 1. The first-order valence-electron chi connectivity index (χ1n) is 5.77. The van der Waals surface area contributed by atoms with Gasteiger partial charge in [-0.05, 0) is 24.6 Å². The Kier molecular flexibility index (Phi) is 5.63. The van der Waals surface area contributed by atoms with Gasteiger partial charge < -0.3 is 15.3 Å². The van der Waals surface area contributed by atoms with Crippen molar-refractivity contribution in [2.75, 3.05) is 13.1 Å². The van der Waals surface area contributed by atoms with Crippen LogP contribution in [0.3, 0.4) is 0 Å². The number of carboxylic acid groups (broad SMARTS) is 1. The van der Waals surface area contributed by atoms with Crippen LogP contribution < -0.4 is 5.32 Å². The second kappa shape index (κ2) is 7.26. The Bertz CT molecular complexity index is 395. The number of carbonyl (C=O) groups excluding carboxylic acids is 1. The third-order valence-corrected chi connectivity index (χ3v) is 2.46. The summed E-state index contributed by atoms with van der Waals surface area (Å²) in [6, 6.07) is 3.37. The number of carbonyl (C=O) groups is 2. The summed E-state index contributed by atoms with van der Waals surface area (Å²) >= 11 is 0. The minimum atomic E-state index is -0.907. The van der Waals surface area contributed by atoms with Gasteiger partial charge >= 0.3 is 12.0 Å². The number of urea groups is 1. The zero-order valence-corrected chi connectivity index (χ0v) is 10.3. The van der Waals surface area contributed by atoms with Gasteiger partial charge in [-0.2, -0.15) is 0 Å². The molecule has 1 aromatic rings. The molecule has 2 N–H and O–H groups in total. The van der Waals surface area contributed by atoms with E-state index in [1.807, 2.05) is 19.1 Å². The fourth-order valence-electron chi connectivity index (χ4n) is 1.42. The number of rotatable bonds is 6. The maximum absolute atomic E-state index is 11.8. The van der Waals surface area contributed by atoms with E-state index >= 15 is 0 Å². The number of aromatic nitrogens is 1. The van der Waals surface area contributed by atoms with Crippen LogP contribution in [-0.2, 0) is 11.3 Å². The Labute approximate surface area is 106 Å². The predicted molar refractivity (Wildman–Crippen MR) is 66.0 cm³/mol. The molecule has 0 saturated carbocycles. The molecule has 0 aliphatic carbocycles. The number of amides is 2. The van der Waals surface area contributed by atoms with Crippen molar-refractivity contribution >= 4 is 12.0 Å². The van der Waals surface area contributed by atoms with Gasteiger partial charge in [0, 0.05) is 32.0 Å². The highest BCUT2D eigenvalue weighted by molar-refractivity contribution is 5.75. The molecule has 0 bridgehead atoms. The van der Waals surface area contributed by atoms with Crippen LogP contribution in [0.4, 0.5) is 4.79 Å². The molecule has 0 aliphatic heterocycles. The first-order valence-corrected chi connectivity index (χ1v) is 5.77. The number of hydrogen-bond acceptors (Lipinski definition) is 3. The molecular formula is C12H17N3O3. The van der Waals surface area contributed by atoms with Gasteiger partial charge in [0.15, 0.2) is 0 Å². The molecule has 0 saturated heterocycles. The van der Waals surface area contributed by atoms with Crippen molar-refractivity contribution in [3.63, 3.8) is 0 Å². The van der Waals surface area contributed by atoms with E-state index in [-0.39, 0.29) is 19.0 Å². The number of hydrogen-bond donors (Lipinski definition) is 2. The summed E-state index contributed by atoms with van der Waals surface area (Å²) in [5, 5.41) is 11.3. The van der Waals surface area contributed by atoms with E-state index in [9.17, 15) is 9.59 Å². The smallest absolute Gasteiger partial charge is 0.317 e. The lowest BCUT2D eigenvalue weighted by molar-refractivity contribution is -0.137. The van der Waals surface area contributed by atoms with Crippen LogP contribution in [0.15, 0.2) is 24.5 Å². The van der Waals surface area contributed by atoms with Crippen LogP contribution in [0.1, 0.15) is 18.9 Å². The summed E-state index contributed by atoms with van der Waals surface area (Å²) in [4.78, 5) is 27.6. The summed E-state index contributed by atoms with van der Waals surface area (Å²) in [5.41, 5.74) is 0.952. The standard InChI is InChI=1S/C12H17N3O3/c1-2-15(8-5-11(16)17)12(18)14-9-10-3-6-13-7-4-10/h3-4,6-7H,2,5,8-9H2,1H3,(H,14,18)(H,16,17). The predicted octanol–water partition coefficient (Wildman–Crippen LogP) is 1.09. The summed E-state index contributed by atoms with van der Waals surface area (Å²) < 4.78 is 0. The summed E-state index contributed by atoms with van der Waals surface area (Å²) in [6.45, 7) is 2.92. The van der Waals surface area contributed by atoms with E-state index in [0.717, 1.165) is 5.56 Å². The van der Waals surface area contributed by atoms with Gasteiger partial charge in [0.1, 0.15) is 0 Å². The van der Waals surface area contributed by atoms with Crippen molar-refractivity contribution in [3.8, 4) is 0 Å². The van der Waals surface area contributed by atoms with Crippen molar-refractivity contribution in [3.05, 3.63) is 30.1 Å². The SMILES string of the molecule is CCN(CCC(=O)O)C(=O)NCc1ccncc1.